The smallest absolute Gasteiger partial charge is 0.0407 e. The molecule has 0 bridgehead atoms. The van der Waals surface area contributed by atoms with Gasteiger partial charge < -0.3 is 10.6 Å². The highest BCUT2D eigenvalue weighted by Crippen LogP contribution is 2.16. The van der Waals surface area contributed by atoms with E-state index in [4.69, 9.17) is 17.3 Å². The van der Waals surface area contributed by atoms with Crippen LogP contribution in [0.1, 0.15) is 12.8 Å². The molecule has 14 heavy (non-hydrogen) atoms. The maximum absolute atomic E-state index is 5.81. The van der Waals surface area contributed by atoms with Gasteiger partial charge in [0.15, 0.2) is 0 Å². The maximum Gasteiger partial charge on any atom is 0.0407 e. The number of benzene rings is 1. The highest BCUT2D eigenvalue weighted by molar-refractivity contribution is 6.30. The summed E-state index contributed by atoms with van der Waals surface area (Å²) in [5, 5.41) is 0.782. The van der Waals surface area contributed by atoms with Crippen molar-refractivity contribution in [3.05, 3.63) is 29.3 Å². The van der Waals surface area contributed by atoms with Crippen LogP contribution in [-0.2, 0) is 0 Å². The monoisotopic (exact) mass is 212 g/mol. The second-order valence-electron chi connectivity index (χ2n) is 3.39. The van der Waals surface area contributed by atoms with Crippen molar-refractivity contribution in [2.24, 2.45) is 5.73 Å². The number of nitrogens with two attached hydrogens (primary N) is 1. The van der Waals surface area contributed by atoms with Crippen molar-refractivity contribution in [2.45, 2.75) is 12.8 Å². The number of rotatable bonds is 5. The summed E-state index contributed by atoms with van der Waals surface area (Å²) < 4.78 is 0. The molecule has 0 fully saturated rings. The van der Waals surface area contributed by atoms with Gasteiger partial charge in [-0.1, -0.05) is 11.6 Å². The fraction of sp³-hybridized carbons (Fsp3) is 0.455. The van der Waals surface area contributed by atoms with E-state index < -0.39 is 0 Å². The number of hydrogen-bond donors (Lipinski definition) is 1. The average molecular weight is 213 g/mol. The first-order chi connectivity index (χ1) is 6.74. The second-order valence-corrected chi connectivity index (χ2v) is 3.83. The summed E-state index contributed by atoms with van der Waals surface area (Å²) in [6, 6.07) is 7.89. The first kappa shape index (κ1) is 11.3. The van der Waals surface area contributed by atoms with Crippen molar-refractivity contribution >= 4 is 17.3 Å². The normalized spacial score (nSPS) is 10.2. The van der Waals surface area contributed by atoms with Crippen molar-refractivity contribution in [3.8, 4) is 0 Å². The van der Waals surface area contributed by atoms with Gasteiger partial charge >= 0.3 is 0 Å². The van der Waals surface area contributed by atoms with E-state index in [2.05, 4.69) is 11.9 Å². The van der Waals surface area contributed by atoms with E-state index in [0.717, 1.165) is 31.0 Å². The molecule has 0 aliphatic carbocycles. The second kappa shape index (κ2) is 5.89. The van der Waals surface area contributed by atoms with E-state index in [1.165, 1.54) is 5.69 Å². The molecule has 0 aliphatic rings. The number of hydrogen-bond acceptors (Lipinski definition) is 2. The summed E-state index contributed by atoms with van der Waals surface area (Å²) in [6.07, 6.45) is 2.22. The Hall–Kier alpha value is -0.730. The number of unbranched alkanes of at least 4 members (excludes halogenated alkanes) is 1. The predicted molar refractivity (Wildman–Crippen MR) is 63.0 cm³/mol. The fourth-order valence-electron chi connectivity index (χ4n) is 1.32. The highest BCUT2D eigenvalue weighted by atomic mass is 35.5. The largest absolute Gasteiger partial charge is 0.375 e. The Kier molecular flexibility index (Phi) is 4.77. The van der Waals surface area contributed by atoms with E-state index in [0.29, 0.717) is 0 Å². The molecule has 78 valence electrons. The van der Waals surface area contributed by atoms with Gasteiger partial charge in [-0.2, -0.15) is 0 Å². The fourth-order valence-corrected chi connectivity index (χ4v) is 1.44. The molecule has 0 radical (unpaired) electrons. The zero-order valence-electron chi connectivity index (χ0n) is 8.54. The average Bonchev–Trinajstić information content (AvgIpc) is 2.19. The Morgan fingerprint density at radius 3 is 2.43 bits per heavy atom. The SMILES string of the molecule is CN(CCCCN)c1ccc(Cl)cc1. The van der Waals surface area contributed by atoms with Crippen LogP contribution < -0.4 is 10.6 Å². The lowest BCUT2D eigenvalue weighted by Gasteiger charge is -2.18. The minimum absolute atomic E-state index is 0.772. The van der Waals surface area contributed by atoms with Crippen LogP contribution in [0.4, 0.5) is 5.69 Å². The lowest BCUT2D eigenvalue weighted by Crippen LogP contribution is -2.19. The molecule has 0 spiro atoms. The molecule has 0 amide bonds. The van der Waals surface area contributed by atoms with Gasteiger partial charge in [0.1, 0.15) is 0 Å². The van der Waals surface area contributed by atoms with Crippen LogP contribution in [0.2, 0.25) is 5.02 Å². The van der Waals surface area contributed by atoms with E-state index in [1.54, 1.807) is 0 Å². The molecule has 0 atom stereocenters. The minimum atomic E-state index is 0.772. The lowest BCUT2D eigenvalue weighted by atomic mass is 10.2. The summed E-state index contributed by atoms with van der Waals surface area (Å²) in [7, 11) is 2.08. The molecule has 3 heteroatoms. The predicted octanol–water partition coefficient (Wildman–Crippen LogP) is 2.52. The maximum atomic E-state index is 5.81. The summed E-state index contributed by atoms with van der Waals surface area (Å²) in [5.74, 6) is 0. The first-order valence-corrected chi connectivity index (χ1v) is 5.28. The van der Waals surface area contributed by atoms with Crippen LogP contribution in [0.15, 0.2) is 24.3 Å². The summed E-state index contributed by atoms with van der Waals surface area (Å²) in [6.45, 7) is 1.81. The molecule has 2 N–H and O–H groups in total. The number of nitrogens with zero attached hydrogens (tertiary/aromatic N) is 1. The van der Waals surface area contributed by atoms with Crippen LogP contribution in [0.5, 0.6) is 0 Å². The molecule has 0 saturated heterocycles. The molecule has 1 aromatic carbocycles. The van der Waals surface area contributed by atoms with Crippen LogP contribution in [0, 0.1) is 0 Å². The van der Waals surface area contributed by atoms with Crippen molar-refractivity contribution in [3.63, 3.8) is 0 Å². The van der Waals surface area contributed by atoms with E-state index in [1.807, 2.05) is 24.3 Å². The van der Waals surface area contributed by atoms with Gasteiger partial charge in [-0.05, 0) is 43.7 Å². The van der Waals surface area contributed by atoms with Crippen molar-refractivity contribution in [1.82, 2.24) is 0 Å². The Balaban J connectivity index is 2.43. The van der Waals surface area contributed by atoms with Crippen molar-refractivity contribution in [1.29, 1.82) is 0 Å². The molecule has 1 rings (SSSR count). The Labute approximate surface area is 90.7 Å². The minimum Gasteiger partial charge on any atom is -0.375 e. The third kappa shape index (κ3) is 3.56. The van der Waals surface area contributed by atoms with E-state index >= 15 is 0 Å². The van der Waals surface area contributed by atoms with Gasteiger partial charge in [0.2, 0.25) is 0 Å². The van der Waals surface area contributed by atoms with Gasteiger partial charge in [-0.15, -0.1) is 0 Å². The van der Waals surface area contributed by atoms with E-state index in [-0.39, 0.29) is 0 Å². The number of halogens is 1. The van der Waals surface area contributed by atoms with E-state index in [9.17, 15) is 0 Å². The molecule has 0 aromatic heterocycles. The molecule has 0 saturated carbocycles. The quantitative estimate of drug-likeness (QED) is 0.761. The molecule has 0 heterocycles. The van der Waals surface area contributed by atoms with Crippen molar-refractivity contribution < 1.29 is 0 Å². The molecule has 0 unspecified atom stereocenters. The van der Waals surface area contributed by atoms with Crippen LogP contribution in [0.3, 0.4) is 0 Å². The first-order valence-electron chi connectivity index (χ1n) is 4.91. The van der Waals surface area contributed by atoms with Crippen LogP contribution in [-0.4, -0.2) is 20.1 Å². The third-order valence-electron chi connectivity index (χ3n) is 2.22. The molecule has 1 aromatic rings. The van der Waals surface area contributed by atoms with Gasteiger partial charge in [-0.25, -0.2) is 0 Å². The summed E-state index contributed by atoms with van der Waals surface area (Å²) in [5.41, 5.74) is 6.64. The molecular formula is C11H17ClN2. The van der Waals surface area contributed by atoms with Gasteiger partial charge in [0, 0.05) is 24.3 Å². The van der Waals surface area contributed by atoms with Gasteiger partial charge in [0.05, 0.1) is 0 Å². The van der Waals surface area contributed by atoms with Crippen LogP contribution in [0.25, 0.3) is 0 Å². The molecule has 2 nitrogen and oxygen atoms in total. The highest BCUT2D eigenvalue weighted by Gasteiger charge is 1.99. The summed E-state index contributed by atoms with van der Waals surface area (Å²) in [4.78, 5) is 2.21. The topological polar surface area (TPSA) is 29.3 Å². The lowest BCUT2D eigenvalue weighted by molar-refractivity contribution is 0.728. The zero-order chi connectivity index (χ0) is 10.4. The Bertz CT molecular complexity index is 258. The Morgan fingerprint density at radius 1 is 1.21 bits per heavy atom. The zero-order valence-corrected chi connectivity index (χ0v) is 9.30. The molecular weight excluding hydrogens is 196 g/mol. The summed E-state index contributed by atoms with van der Waals surface area (Å²) >= 11 is 5.81. The standard InChI is InChI=1S/C11H17ClN2/c1-14(9-3-2-8-13)11-6-4-10(12)5-7-11/h4-7H,2-3,8-9,13H2,1H3. The Morgan fingerprint density at radius 2 is 1.86 bits per heavy atom. The van der Waals surface area contributed by atoms with Gasteiger partial charge in [0.25, 0.3) is 0 Å². The molecule has 0 aliphatic heterocycles. The van der Waals surface area contributed by atoms with Gasteiger partial charge in [-0.3, -0.25) is 0 Å². The van der Waals surface area contributed by atoms with Crippen molar-refractivity contribution in [2.75, 3.05) is 25.0 Å². The third-order valence-corrected chi connectivity index (χ3v) is 2.47. The number of anilines is 1. The van der Waals surface area contributed by atoms with Crippen LogP contribution >= 0.6 is 11.6 Å².